The van der Waals surface area contributed by atoms with Gasteiger partial charge in [-0.15, -0.1) is 0 Å². The number of carbonyl (C=O) groups is 1. The van der Waals surface area contributed by atoms with E-state index in [0.717, 1.165) is 5.52 Å². The van der Waals surface area contributed by atoms with Crippen LogP contribution in [-0.2, 0) is 4.74 Å². The Morgan fingerprint density at radius 3 is 2.57 bits per heavy atom. The van der Waals surface area contributed by atoms with Crippen LogP contribution in [0.15, 0.2) is 24.4 Å². The molecular formula is C15H19N3O3. The molecule has 0 spiro atoms. The van der Waals surface area contributed by atoms with Crippen LogP contribution in [0.25, 0.3) is 11.0 Å². The number of pyridine rings is 2. The van der Waals surface area contributed by atoms with Gasteiger partial charge < -0.3 is 9.47 Å². The zero-order chi connectivity index (χ0) is 15.6. The number of hydrogen-bond acceptors (Lipinski definition) is 5. The van der Waals surface area contributed by atoms with Gasteiger partial charge in [0.25, 0.3) is 0 Å². The summed E-state index contributed by atoms with van der Waals surface area (Å²) >= 11 is 0. The van der Waals surface area contributed by atoms with E-state index in [9.17, 15) is 4.79 Å². The Morgan fingerprint density at radius 1 is 1.24 bits per heavy atom. The smallest absolute Gasteiger partial charge is 0.414 e. The third-order valence-electron chi connectivity index (χ3n) is 2.76. The monoisotopic (exact) mass is 289 g/mol. The van der Waals surface area contributed by atoms with Crippen LogP contribution in [0.5, 0.6) is 5.88 Å². The lowest BCUT2D eigenvalue weighted by Crippen LogP contribution is -2.34. The molecule has 6 nitrogen and oxygen atoms in total. The van der Waals surface area contributed by atoms with Gasteiger partial charge in [0.15, 0.2) is 0 Å². The van der Waals surface area contributed by atoms with Crippen LogP contribution in [0.1, 0.15) is 20.8 Å². The Hall–Kier alpha value is -2.37. The van der Waals surface area contributed by atoms with Crippen molar-refractivity contribution in [2.75, 3.05) is 19.1 Å². The maximum absolute atomic E-state index is 12.0. The number of ether oxygens (including phenoxy) is 2. The summed E-state index contributed by atoms with van der Waals surface area (Å²) in [6, 6.07) is 5.33. The van der Waals surface area contributed by atoms with Crippen LogP contribution >= 0.6 is 0 Å². The van der Waals surface area contributed by atoms with E-state index in [4.69, 9.17) is 9.47 Å². The van der Waals surface area contributed by atoms with Crippen molar-refractivity contribution >= 4 is 22.8 Å². The fraction of sp³-hybridized carbons (Fsp3) is 0.400. The second-order valence-corrected chi connectivity index (χ2v) is 5.62. The molecule has 6 heteroatoms. The quantitative estimate of drug-likeness (QED) is 0.850. The minimum absolute atomic E-state index is 0.438. The lowest BCUT2D eigenvalue weighted by Gasteiger charge is -2.24. The Kier molecular flexibility index (Phi) is 3.97. The van der Waals surface area contributed by atoms with Gasteiger partial charge in [-0.25, -0.2) is 9.78 Å². The highest BCUT2D eigenvalue weighted by atomic mass is 16.6. The minimum atomic E-state index is -0.545. The summed E-state index contributed by atoms with van der Waals surface area (Å²) in [5.41, 5.74) is 1.45. The molecule has 2 aromatic rings. The van der Waals surface area contributed by atoms with Crippen LogP contribution in [0.3, 0.4) is 0 Å². The molecule has 21 heavy (non-hydrogen) atoms. The van der Waals surface area contributed by atoms with Crippen molar-refractivity contribution in [1.29, 1.82) is 0 Å². The number of rotatable bonds is 2. The average Bonchev–Trinajstić information content (AvgIpc) is 2.43. The lowest BCUT2D eigenvalue weighted by molar-refractivity contribution is 0.0589. The van der Waals surface area contributed by atoms with Gasteiger partial charge >= 0.3 is 6.09 Å². The molecule has 0 saturated carbocycles. The lowest BCUT2D eigenvalue weighted by atomic mass is 10.2. The van der Waals surface area contributed by atoms with E-state index in [1.54, 1.807) is 32.5 Å². The van der Waals surface area contributed by atoms with E-state index >= 15 is 0 Å². The topological polar surface area (TPSA) is 64.5 Å². The maximum atomic E-state index is 12.0. The molecule has 112 valence electrons. The molecular weight excluding hydrogens is 270 g/mol. The number of anilines is 1. The standard InChI is InChI=1S/C15H19N3O3/c1-15(2,3)21-14(19)18(4)10-8-12-11(16-9-10)6-7-13(17-12)20-5/h6-9H,1-5H3. The molecule has 0 aromatic carbocycles. The van der Waals surface area contributed by atoms with Gasteiger partial charge in [0, 0.05) is 13.1 Å². The molecule has 0 radical (unpaired) electrons. The molecule has 2 aromatic heterocycles. The first kappa shape index (κ1) is 15.0. The fourth-order valence-corrected chi connectivity index (χ4v) is 1.71. The molecule has 0 atom stereocenters. The van der Waals surface area contributed by atoms with Crippen LogP contribution in [0.2, 0.25) is 0 Å². The number of nitrogens with zero attached hydrogens (tertiary/aromatic N) is 3. The summed E-state index contributed by atoms with van der Waals surface area (Å²) in [4.78, 5) is 22.0. The van der Waals surface area contributed by atoms with Gasteiger partial charge in [0.05, 0.1) is 30.0 Å². The van der Waals surface area contributed by atoms with Crippen LogP contribution < -0.4 is 9.64 Å². The first-order valence-electron chi connectivity index (χ1n) is 6.57. The maximum Gasteiger partial charge on any atom is 0.414 e. The molecule has 0 N–H and O–H groups in total. The molecule has 0 aliphatic heterocycles. The molecule has 0 aliphatic carbocycles. The van der Waals surface area contributed by atoms with E-state index < -0.39 is 11.7 Å². The third-order valence-corrected chi connectivity index (χ3v) is 2.76. The van der Waals surface area contributed by atoms with Crippen molar-refractivity contribution in [3.63, 3.8) is 0 Å². The predicted molar refractivity (Wildman–Crippen MR) is 80.7 cm³/mol. The second kappa shape index (κ2) is 5.55. The zero-order valence-electron chi connectivity index (χ0n) is 12.9. The summed E-state index contributed by atoms with van der Waals surface area (Å²) < 4.78 is 10.4. The molecule has 0 bridgehead atoms. The summed E-state index contributed by atoms with van der Waals surface area (Å²) in [6.45, 7) is 5.47. The number of fused-ring (bicyclic) bond motifs is 1. The fourth-order valence-electron chi connectivity index (χ4n) is 1.71. The van der Waals surface area contributed by atoms with Crippen LogP contribution in [0, 0.1) is 0 Å². The van der Waals surface area contributed by atoms with Crippen molar-refractivity contribution in [2.45, 2.75) is 26.4 Å². The minimum Gasteiger partial charge on any atom is -0.481 e. The SMILES string of the molecule is COc1ccc2ncc(N(C)C(=O)OC(C)(C)C)cc2n1. The van der Waals surface area contributed by atoms with Gasteiger partial charge in [-0.2, -0.15) is 0 Å². The predicted octanol–water partition coefficient (Wildman–Crippen LogP) is 3.01. The van der Waals surface area contributed by atoms with Crippen molar-refractivity contribution in [2.24, 2.45) is 0 Å². The Labute approximate surface area is 123 Å². The molecule has 2 heterocycles. The second-order valence-electron chi connectivity index (χ2n) is 5.62. The van der Waals surface area contributed by atoms with E-state index in [1.165, 1.54) is 4.90 Å². The normalized spacial score (nSPS) is 11.3. The van der Waals surface area contributed by atoms with Gasteiger partial charge in [-0.1, -0.05) is 0 Å². The third kappa shape index (κ3) is 3.59. The molecule has 2 rings (SSSR count). The number of hydrogen-bond donors (Lipinski definition) is 0. The van der Waals surface area contributed by atoms with Crippen molar-refractivity contribution < 1.29 is 14.3 Å². The van der Waals surface area contributed by atoms with E-state index in [1.807, 2.05) is 26.8 Å². The summed E-state index contributed by atoms with van der Waals surface area (Å²) in [5.74, 6) is 0.501. The molecule has 0 unspecified atom stereocenters. The van der Waals surface area contributed by atoms with Gasteiger partial charge in [-0.3, -0.25) is 9.88 Å². The first-order valence-corrected chi connectivity index (χ1v) is 6.57. The summed E-state index contributed by atoms with van der Waals surface area (Å²) in [6.07, 6.45) is 1.17. The summed E-state index contributed by atoms with van der Waals surface area (Å²) in [7, 11) is 3.19. The van der Waals surface area contributed by atoms with Crippen molar-refractivity contribution in [3.8, 4) is 5.88 Å². The highest BCUT2D eigenvalue weighted by Crippen LogP contribution is 2.21. The molecule has 0 saturated heterocycles. The Balaban J connectivity index is 2.31. The zero-order valence-corrected chi connectivity index (χ0v) is 12.9. The van der Waals surface area contributed by atoms with E-state index in [2.05, 4.69) is 9.97 Å². The number of carbonyl (C=O) groups excluding carboxylic acids is 1. The number of amides is 1. The number of methoxy groups -OCH3 is 1. The van der Waals surface area contributed by atoms with Crippen molar-refractivity contribution in [1.82, 2.24) is 9.97 Å². The highest BCUT2D eigenvalue weighted by molar-refractivity contribution is 5.89. The summed E-state index contributed by atoms with van der Waals surface area (Å²) in [5, 5.41) is 0. The molecule has 1 amide bonds. The van der Waals surface area contributed by atoms with Crippen LogP contribution in [-0.4, -0.2) is 35.8 Å². The van der Waals surface area contributed by atoms with E-state index in [0.29, 0.717) is 17.1 Å². The van der Waals surface area contributed by atoms with Crippen LogP contribution in [0.4, 0.5) is 10.5 Å². The Bertz CT molecular complexity index is 665. The Morgan fingerprint density at radius 2 is 1.95 bits per heavy atom. The molecule has 0 fully saturated rings. The first-order chi connectivity index (χ1) is 9.80. The average molecular weight is 289 g/mol. The van der Waals surface area contributed by atoms with E-state index in [-0.39, 0.29) is 0 Å². The molecule has 0 aliphatic rings. The largest absolute Gasteiger partial charge is 0.481 e. The van der Waals surface area contributed by atoms with Gasteiger partial charge in [0.2, 0.25) is 5.88 Å². The number of aromatic nitrogens is 2. The van der Waals surface area contributed by atoms with Crippen molar-refractivity contribution in [3.05, 3.63) is 24.4 Å². The van der Waals surface area contributed by atoms with Gasteiger partial charge in [-0.05, 0) is 32.9 Å². The van der Waals surface area contributed by atoms with Gasteiger partial charge in [0.1, 0.15) is 5.60 Å². The highest BCUT2D eigenvalue weighted by Gasteiger charge is 2.21.